The van der Waals surface area contributed by atoms with Crippen molar-refractivity contribution < 1.29 is 0 Å². The molecule has 0 aromatic heterocycles. The molecule has 1 N–H and O–H groups in total. The molecule has 0 aliphatic carbocycles. The second-order valence-corrected chi connectivity index (χ2v) is 3.34. The van der Waals surface area contributed by atoms with Gasteiger partial charge in [-0.15, -0.1) is 0 Å². The van der Waals surface area contributed by atoms with Crippen LogP contribution < -0.4 is 5.32 Å². The van der Waals surface area contributed by atoms with Crippen molar-refractivity contribution in [3.8, 4) is 0 Å². The summed E-state index contributed by atoms with van der Waals surface area (Å²) >= 11 is 5.95. The molecule has 1 aromatic rings. The van der Waals surface area contributed by atoms with E-state index in [9.17, 15) is 0 Å². The standard InChI is InChI=1S/C9H10ClN/c1-6-4-7-2-3-11-9(7)5-8(6)10/h4-5,11H,2-3H2,1H3. The highest BCUT2D eigenvalue weighted by molar-refractivity contribution is 6.31. The van der Waals surface area contributed by atoms with E-state index in [1.807, 2.05) is 13.0 Å². The van der Waals surface area contributed by atoms with E-state index >= 15 is 0 Å². The summed E-state index contributed by atoms with van der Waals surface area (Å²) in [6, 6.07) is 4.18. The zero-order valence-electron chi connectivity index (χ0n) is 6.45. The molecule has 58 valence electrons. The van der Waals surface area contributed by atoms with Crippen LogP contribution in [0.15, 0.2) is 12.1 Å². The number of benzene rings is 1. The minimum Gasteiger partial charge on any atom is -0.384 e. The van der Waals surface area contributed by atoms with E-state index in [0.29, 0.717) is 0 Å². The highest BCUT2D eigenvalue weighted by Gasteiger charge is 2.10. The van der Waals surface area contributed by atoms with Crippen LogP contribution in [0, 0.1) is 6.92 Å². The monoisotopic (exact) mass is 167 g/mol. The molecule has 1 nitrogen and oxygen atoms in total. The number of hydrogen-bond donors (Lipinski definition) is 1. The Balaban J connectivity index is 2.57. The van der Waals surface area contributed by atoms with Gasteiger partial charge in [-0.25, -0.2) is 0 Å². The highest BCUT2D eigenvalue weighted by atomic mass is 35.5. The molecule has 1 heterocycles. The van der Waals surface area contributed by atoms with Gasteiger partial charge in [0.1, 0.15) is 0 Å². The first kappa shape index (κ1) is 6.99. The fraction of sp³-hybridized carbons (Fsp3) is 0.333. The van der Waals surface area contributed by atoms with Gasteiger partial charge in [-0.2, -0.15) is 0 Å². The van der Waals surface area contributed by atoms with Gasteiger partial charge in [-0.05, 0) is 30.5 Å². The fourth-order valence-electron chi connectivity index (χ4n) is 1.44. The Morgan fingerprint density at radius 2 is 2.27 bits per heavy atom. The van der Waals surface area contributed by atoms with Crippen LogP contribution in [-0.2, 0) is 6.42 Å². The summed E-state index contributed by atoms with van der Waals surface area (Å²) in [6.07, 6.45) is 1.13. The van der Waals surface area contributed by atoms with E-state index in [1.54, 1.807) is 0 Å². The lowest BCUT2D eigenvalue weighted by atomic mass is 10.1. The molecule has 0 bridgehead atoms. The molecule has 1 aromatic carbocycles. The third-order valence-corrected chi connectivity index (χ3v) is 2.50. The third kappa shape index (κ3) is 1.10. The second kappa shape index (κ2) is 2.42. The SMILES string of the molecule is Cc1cc2c(cc1Cl)NCC2. The summed E-state index contributed by atoms with van der Waals surface area (Å²) in [7, 11) is 0. The number of nitrogens with one attached hydrogen (secondary N) is 1. The predicted molar refractivity (Wildman–Crippen MR) is 48.4 cm³/mol. The second-order valence-electron chi connectivity index (χ2n) is 2.94. The van der Waals surface area contributed by atoms with Crippen LogP contribution in [0.4, 0.5) is 5.69 Å². The fourth-order valence-corrected chi connectivity index (χ4v) is 1.61. The average molecular weight is 168 g/mol. The van der Waals surface area contributed by atoms with Gasteiger partial charge in [-0.3, -0.25) is 0 Å². The van der Waals surface area contributed by atoms with Gasteiger partial charge in [0.05, 0.1) is 0 Å². The van der Waals surface area contributed by atoms with E-state index < -0.39 is 0 Å². The molecular weight excluding hydrogens is 158 g/mol. The Morgan fingerprint density at radius 3 is 3.09 bits per heavy atom. The quantitative estimate of drug-likeness (QED) is 0.627. The van der Waals surface area contributed by atoms with E-state index in [-0.39, 0.29) is 0 Å². The van der Waals surface area contributed by atoms with Crippen molar-refractivity contribution in [2.45, 2.75) is 13.3 Å². The predicted octanol–water partition coefficient (Wildman–Crippen LogP) is 2.62. The summed E-state index contributed by atoms with van der Waals surface area (Å²) in [5, 5.41) is 4.14. The van der Waals surface area contributed by atoms with Crippen molar-refractivity contribution in [1.82, 2.24) is 0 Å². The minimum atomic E-state index is 0.859. The molecule has 0 saturated carbocycles. The number of halogens is 1. The lowest BCUT2D eigenvalue weighted by Gasteiger charge is -2.02. The van der Waals surface area contributed by atoms with Crippen LogP contribution in [0.3, 0.4) is 0 Å². The lowest BCUT2D eigenvalue weighted by Crippen LogP contribution is -1.90. The Labute approximate surface area is 71.4 Å². The summed E-state index contributed by atoms with van der Waals surface area (Å²) in [6.45, 7) is 3.09. The number of fused-ring (bicyclic) bond motifs is 1. The molecular formula is C9H10ClN. The maximum Gasteiger partial charge on any atom is 0.0455 e. The Kier molecular flexibility index (Phi) is 1.53. The molecule has 0 saturated heterocycles. The zero-order valence-corrected chi connectivity index (χ0v) is 7.20. The van der Waals surface area contributed by atoms with Crippen LogP contribution in [0.1, 0.15) is 11.1 Å². The molecule has 11 heavy (non-hydrogen) atoms. The molecule has 0 radical (unpaired) electrons. The van der Waals surface area contributed by atoms with Gasteiger partial charge in [-0.1, -0.05) is 17.7 Å². The number of rotatable bonds is 0. The summed E-state index contributed by atoms with van der Waals surface area (Å²) in [5.74, 6) is 0. The van der Waals surface area contributed by atoms with Crippen molar-refractivity contribution in [3.63, 3.8) is 0 Å². The van der Waals surface area contributed by atoms with Crippen molar-refractivity contribution in [2.24, 2.45) is 0 Å². The van der Waals surface area contributed by atoms with Gasteiger partial charge in [0.2, 0.25) is 0 Å². The Bertz CT molecular complexity index is 265. The zero-order chi connectivity index (χ0) is 7.84. The van der Waals surface area contributed by atoms with Crippen molar-refractivity contribution in [3.05, 3.63) is 28.3 Å². The molecule has 0 unspecified atom stereocenters. The number of anilines is 1. The largest absolute Gasteiger partial charge is 0.384 e. The van der Waals surface area contributed by atoms with Crippen molar-refractivity contribution >= 4 is 17.3 Å². The van der Waals surface area contributed by atoms with Crippen LogP contribution in [0.5, 0.6) is 0 Å². The maximum atomic E-state index is 5.95. The third-order valence-electron chi connectivity index (χ3n) is 2.09. The minimum absolute atomic E-state index is 0.859. The molecule has 0 spiro atoms. The normalized spacial score (nSPS) is 14.4. The van der Waals surface area contributed by atoms with E-state index in [0.717, 1.165) is 18.0 Å². The first-order chi connectivity index (χ1) is 5.27. The van der Waals surface area contributed by atoms with Crippen LogP contribution >= 0.6 is 11.6 Å². The van der Waals surface area contributed by atoms with Gasteiger partial charge in [0, 0.05) is 17.3 Å². The van der Waals surface area contributed by atoms with Crippen LogP contribution in [0.25, 0.3) is 0 Å². The van der Waals surface area contributed by atoms with Gasteiger partial charge in [0.15, 0.2) is 0 Å². The summed E-state index contributed by atoms with van der Waals surface area (Å²) in [4.78, 5) is 0. The smallest absolute Gasteiger partial charge is 0.0455 e. The molecule has 1 aliphatic rings. The van der Waals surface area contributed by atoms with Crippen LogP contribution in [0.2, 0.25) is 5.02 Å². The van der Waals surface area contributed by atoms with Crippen molar-refractivity contribution in [1.29, 1.82) is 0 Å². The summed E-state index contributed by atoms with van der Waals surface area (Å²) < 4.78 is 0. The number of aryl methyl sites for hydroxylation is 1. The Morgan fingerprint density at radius 1 is 1.45 bits per heavy atom. The average Bonchev–Trinajstić information content (AvgIpc) is 2.36. The molecule has 1 aliphatic heterocycles. The maximum absolute atomic E-state index is 5.95. The van der Waals surface area contributed by atoms with Crippen LogP contribution in [-0.4, -0.2) is 6.54 Å². The van der Waals surface area contributed by atoms with Crippen molar-refractivity contribution in [2.75, 3.05) is 11.9 Å². The lowest BCUT2D eigenvalue weighted by molar-refractivity contribution is 1.10. The van der Waals surface area contributed by atoms with E-state index in [4.69, 9.17) is 11.6 Å². The molecule has 0 fully saturated rings. The van der Waals surface area contributed by atoms with E-state index in [1.165, 1.54) is 16.8 Å². The molecule has 0 amide bonds. The van der Waals surface area contributed by atoms with Gasteiger partial charge < -0.3 is 5.32 Å². The molecule has 2 rings (SSSR count). The molecule has 0 atom stereocenters. The first-order valence-electron chi connectivity index (χ1n) is 3.80. The Hall–Kier alpha value is -0.690. The topological polar surface area (TPSA) is 12.0 Å². The summed E-state index contributed by atoms with van der Waals surface area (Å²) in [5.41, 5.74) is 3.78. The van der Waals surface area contributed by atoms with E-state index in [2.05, 4.69) is 11.4 Å². The molecule has 2 heteroatoms. The number of hydrogen-bond acceptors (Lipinski definition) is 1. The highest BCUT2D eigenvalue weighted by Crippen LogP contribution is 2.28. The first-order valence-corrected chi connectivity index (χ1v) is 4.18. The van der Waals surface area contributed by atoms with Gasteiger partial charge >= 0.3 is 0 Å². The van der Waals surface area contributed by atoms with Gasteiger partial charge in [0.25, 0.3) is 0 Å².